The molecule has 6 aromatic rings. The number of non-ortho nitro benzene ring substituents is 1. The van der Waals surface area contributed by atoms with Gasteiger partial charge in [0.15, 0.2) is 5.13 Å². The number of benzene rings is 4. The molecule has 6 rings (SSSR count). The number of amides is 1. The van der Waals surface area contributed by atoms with E-state index < -0.39 is 10.8 Å². The van der Waals surface area contributed by atoms with Crippen LogP contribution in [0.25, 0.3) is 27.4 Å². The first-order chi connectivity index (χ1) is 23.3. The van der Waals surface area contributed by atoms with Crippen LogP contribution in [0.3, 0.4) is 0 Å². The van der Waals surface area contributed by atoms with Crippen molar-refractivity contribution in [2.45, 2.75) is 62.4 Å². The predicted molar refractivity (Wildman–Crippen MR) is 195 cm³/mol. The number of nitrogens with one attached hydrogen (secondary N) is 1. The van der Waals surface area contributed by atoms with Gasteiger partial charge in [-0.25, -0.2) is 4.98 Å². The molecular formula is C37H35N7O3S2. The van der Waals surface area contributed by atoms with Gasteiger partial charge in [0, 0.05) is 22.6 Å². The van der Waals surface area contributed by atoms with Crippen LogP contribution in [0.15, 0.2) is 107 Å². The Balaban J connectivity index is 1.38. The zero-order valence-corrected chi connectivity index (χ0v) is 29.6. The average Bonchev–Trinajstić information content (AvgIpc) is 3.72. The van der Waals surface area contributed by atoms with E-state index in [2.05, 4.69) is 111 Å². The molecule has 1 N–H and O–H groups in total. The summed E-state index contributed by atoms with van der Waals surface area (Å²) in [6, 6.07) is 30.2. The fraction of sp³-hybridized carbons (Fsp3) is 0.216. The monoisotopic (exact) mass is 689 g/mol. The summed E-state index contributed by atoms with van der Waals surface area (Å²) in [4.78, 5) is 31.4. The van der Waals surface area contributed by atoms with Crippen LogP contribution in [0.4, 0.5) is 10.8 Å². The van der Waals surface area contributed by atoms with E-state index in [1.165, 1.54) is 40.7 Å². The highest BCUT2D eigenvalue weighted by molar-refractivity contribution is 7.99. The van der Waals surface area contributed by atoms with Crippen molar-refractivity contribution in [1.29, 1.82) is 0 Å². The normalized spacial score (nSPS) is 11.8. The Morgan fingerprint density at radius 1 is 0.837 bits per heavy atom. The van der Waals surface area contributed by atoms with Crippen molar-refractivity contribution in [1.82, 2.24) is 25.2 Å². The maximum Gasteiger partial charge on any atom is 0.270 e. The van der Waals surface area contributed by atoms with Crippen molar-refractivity contribution in [2.24, 2.45) is 0 Å². The molecule has 0 saturated heterocycles. The molecule has 0 radical (unpaired) electrons. The number of hydrogen-bond donors (Lipinski definition) is 1. The lowest BCUT2D eigenvalue weighted by atomic mass is 9.86. The number of carbonyl (C=O) groups is 1. The largest absolute Gasteiger partial charge is 0.298 e. The van der Waals surface area contributed by atoms with Gasteiger partial charge in [0.05, 0.1) is 26.7 Å². The summed E-state index contributed by atoms with van der Waals surface area (Å²) >= 11 is 2.49. The summed E-state index contributed by atoms with van der Waals surface area (Å²) in [7, 11) is 0. The van der Waals surface area contributed by atoms with Crippen LogP contribution in [0.5, 0.6) is 0 Å². The molecule has 0 spiro atoms. The molecule has 2 aromatic heterocycles. The van der Waals surface area contributed by atoms with Crippen molar-refractivity contribution < 1.29 is 9.72 Å². The lowest BCUT2D eigenvalue weighted by Crippen LogP contribution is -2.13. The SMILES string of the molecule is CC(C)(C)c1ccc(-c2nc(NC(=O)c3cc([N+](=O)[O-])ccc3Sc3nnnn3-c3ccccc3)sc2-c2ccc(C(C)(C)C)cc2)cc1. The van der Waals surface area contributed by atoms with E-state index in [0.717, 1.165) is 39.1 Å². The molecule has 4 aromatic carbocycles. The first kappa shape index (κ1) is 33.7. The van der Waals surface area contributed by atoms with Gasteiger partial charge in [-0.1, -0.05) is 120 Å². The minimum Gasteiger partial charge on any atom is -0.298 e. The van der Waals surface area contributed by atoms with Crippen LogP contribution in [0.1, 0.15) is 63.0 Å². The first-order valence-electron chi connectivity index (χ1n) is 15.6. The van der Waals surface area contributed by atoms with E-state index in [9.17, 15) is 14.9 Å². The molecule has 10 nitrogen and oxygen atoms in total. The minimum absolute atomic E-state index is 0.00459. The Hall–Kier alpha value is -5.20. The van der Waals surface area contributed by atoms with Crippen LogP contribution in [0, 0.1) is 10.1 Å². The number of nitro benzene ring substituents is 1. The van der Waals surface area contributed by atoms with Crippen LogP contribution in [-0.4, -0.2) is 36.0 Å². The van der Waals surface area contributed by atoms with Crippen LogP contribution < -0.4 is 5.32 Å². The fourth-order valence-electron chi connectivity index (χ4n) is 5.15. The summed E-state index contributed by atoms with van der Waals surface area (Å²) in [5.41, 5.74) is 5.64. The molecular weight excluding hydrogens is 655 g/mol. The van der Waals surface area contributed by atoms with E-state index in [4.69, 9.17) is 4.98 Å². The predicted octanol–water partition coefficient (Wildman–Crippen LogP) is 9.36. The molecule has 0 aliphatic carbocycles. The molecule has 12 heteroatoms. The number of aromatic nitrogens is 5. The van der Waals surface area contributed by atoms with E-state index in [1.54, 1.807) is 4.68 Å². The van der Waals surface area contributed by atoms with Gasteiger partial charge in [-0.2, -0.15) is 4.68 Å². The quantitative estimate of drug-likeness (QED) is 0.124. The zero-order valence-electron chi connectivity index (χ0n) is 28.0. The molecule has 0 fully saturated rings. The minimum atomic E-state index is -0.539. The Labute approximate surface area is 292 Å². The van der Waals surface area contributed by atoms with Gasteiger partial charge in [0.2, 0.25) is 5.16 Å². The van der Waals surface area contributed by atoms with Crippen molar-refractivity contribution in [3.63, 3.8) is 0 Å². The highest BCUT2D eigenvalue weighted by Crippen LogP contribution is 2.41. The molecule has 0 unspecified atom stereocenters. The summed E-state index contributed by atoms with van der Waals surface area (Å²) in [5.74, 6) is -0.539. The number of nitrogens with zero attached hydrogens (tertiary/aromatic N) is 6. The Kier molecular flexibility index (Phi) is 9.19. The molecule has 49 heavy (non-hydrogen) atoms. The summed E-state index contributed by atoms with van der Waals surface area (Å²) in [6.45, 7) is 13.0. The second-order valence-electron chi connectivity index (χ2n) is 13.6. The van der Waals surface area contributed by atoms with Crippen LogP contribution >= 0.6 is 23.1 Å². The number of para-hydroxylation sites is 1. The summed E-state index contributed by atoms with van der Waals surface area (Å²) < 4.78 is 1.54. The number of tetrazole rings is 1. The highest BCUT2D eigenvalue weighted by Gasteiger charge is 2.24. The third kappa shape index (κ3) is 7.45. The van der Waals surface area contributed by atoms with Gasteiger partial charge in [0.1, 0.15) is 0 Å². The van der Waals surface area contributed by atoms with Crippen molar-refractivity contribution in [2.75, 3.05) is 5.32 Å². The van der Waals surface area contributed by atoms with Gasteiger partial charge >= 0.3 is 0 Å². The highest BCUT2D eigenvalue weighted by atomic mass is 32.2. The van der Waals surface area contributed by atoms with E-state index in [1.807, 2.05) is 30.3 Å². The molecule has 248 valence electrons. The number of carbonyl (C=O) groups excluding carboxylic acids is 1. The average molecular weight is 690 g/mol. The van der Waals surface area contributed by atoms with Crippen LogP contribution in [-0.2, 0) is 10.8 Å². The molecule has 0 aliphatic heterocycles. The maximum atomic E-state index is 14.0. The number of anilines is 1. The Bertz CT molecular complexity index is 2050. The number of rotatable bonds is 8. The van der Waals surface area contributed by atoms with Crippen molar-refractivity contribution in [3.8, 4) is 27.4 Å². The topological polar surface area (TPSA) is 129 Å². The second-order valence-corrected chi connectivity index (χ2v) is 15.6. The zero-order chi connectivity index (χ0) is 34.9. The van der Waals surface area contributed by atoms with E-state index in [-0.39, 0.29) is 22.1 Å². The van der Waals surface area contributed by atoms with E-state index >= 15 is 0 Å². The molecule has 0 bridgehead atoms. The first-order valence-corrected chi connectivity index (χ1v) is 17.3. The van der Waals surface area contributed by atoms with Crippen LogP contribution in [0.2, 0.25) is 0 Å². The van der Waals surface area contributed by atoms with Gasteiger partial charge in [-0.05, 0) is 67.9 Å². The van der Waals surface area contributed by atoms with Gasteiger partial charge < -0.3 is 0 Å². The summed E-state index contributed by atoms with van der Waals surface area (Å²) in [6.07, 6.45) is 0. The third-order valence-corrected chi connectivity index (χ3v) is 9.98. The Morgan fingerprint density at radius 2 is 1.45 bits per heavy atom. The van der Waals surface area contributed by atoms with Crippen molar-refractivity contribution >= 4 is 39.8 Å². The molecule has 0 saturated carbocycles. The smallest absolute Gasteiger partial charge is 0.270 e. The molecule has 2 heterocycles. The molecule has 1 amide bonds. The number of hydrogen-bond acceptors (Lipinski definition) is 9. The summed E-state index contributed by atoms with van der Waals surface area (Å²) in [5, 5.41) is 27.5. The standard InChI is InChI=1S/C37H35N7O3S2/c1-36(2,3)25-16-12-23(13-17-25)31-32(24-14-18-26(19-15-24)37(4,5)6)49-34(38-31)39-33(45)29-22-28(44(46)47)20-21-30(29)48-35-40-41-42-43(35)27-10-8-7-9-11-27/h7-22H,1-6H3,(H,38,39,45). The second kappa shape index (κ2) is 13.4. The lowest BCUT2D eigenvalue weighted by Gasteiger charge is -2.19. The maximum absolute atomic E-state index is 14.0. The van der Waals surface area contributed by atoms with Gasteiger partial charge in [-0.15, -0.1) is 5.10 Å². The van der Waals surface area contributed by atoms with Gasteiger partial charge in [0.25, 0.3) is 11.6 Å². The number of nitro groups is 1. The lowest BCUT2D eigenvalue weighted by molar-refractivity contribution is -0.384. The molecule has 0 atom stereocenters. The fourth-order valence-corrected chi connectivity index (χ4v) is 7.04. The number of thiazole rings is 1. The third-order valence-electron chi connectivity index (χ3n) is 7.95. The molecule has 0 aliphatic rings. The van der Waals surface area contributed by atoms with E-state index in [0.29, 0.717) is 15.2 Å². The van der Waals surface area contributed by atoms with Gasteiger partial charge in [-0.3, -0.25) is 20.2 Å². The Morgan fingerprint density at radius 3 is 2.04 bits per heavy atom. The van der Waals surface area contributed by atoms with Crippen molar-refractivity contribution in [3.05, 3.63) is 124 Å².